The Morgan fingerprint density at radius 1 is 1.16 bits per heavy atom. The van der Waals surface area contributed by atoms with E-state index in [2.05, 4.69) is 0 Å². The van der Waals surface area contributed by atoms with Crippen molar-refractivity contribution in [2.45, 2.75) is 45.4 Å². The monoisotopic (exact) mass is 345 g/mol. The summed E-state index contributed by atoms with van der Waals surface area (Å²) in [7, 11) is 7.14. The molecule has 4 heteroatoms. The molecule has 0 atom stereocenters. The van der Waals surface area contributed by atoms with Gasteiger partial charge in [0.15, 0.2) is 5.78 Å². The Morgan fingerprint density at radius 2 is 1.80 bits per heavy atom. The third kappa shape index (κ3) is 5.00. The summed E-state index contributed by atoms with van der Waals surface area (Å²) in [5.74, 6) is 2.10. The van der Waals surface area contributed by atoms with Crippen molar-refractivity contribution < 1.29 is 14.3 Å². The summed E-state index contributed by atoms with van der Waals surface area (Å²) in [5.41, 5.74) is 2.37. The summed E-state index contributed by atoms with van der Waals surface area (Å²) in [5, 5.41) is 0. The highest BCUT2D eigenvalue weighted by atomic mass is 16.5. The quantitative estimate of drug-likeness (QED) is 0.509. The summed E-state index contributed by atoms with van der Waals surface area (Å²) in [6, 6.07) is 3.67. The molecular weight excluding hydrogens is 314 g/mol. The second kappa shape index (κ2) is 8.93. The minimum Gasteiger partial charge on any atom is -0.496 e. The summed E-state index contributed by atoms with van der Waals surface area (Å²) in [4.78, 5) is 15.2. The smallest absolute Gasteiger partial charge is 0.194 e. The first kappa shape index (κ1) is 19.4. The number of methoxy groups -OCH3 is 2. The molecular formula is C21H31NO3. The maximum atomic E-state index is 13.2. The van der Waals surface area contributed by atoms with Crippen molar-refractivity contribution in [1.29, 1.82) is 0 Å². The van der Waals surface area contributed by atoms with Crippen molar-refractivity contribution in [2.75, 3.05) is 28.3 Å². The average Bonchev–Trinajstić information content (AvgIpc) is 3.10. The van der Waals surface area contributed by atoms with Crippen molar-refractivity contribution in [3.8, 4) is 11.5 Å². The molecule has 0 amide bonds. The summed E-state index contributed by atoms with van der Waals surface area (Å²) in [6.07, 6.45) is 9.08. The predicted molar refractivity (Wildman–Crippen MR) is 102 cm³/mol. The van der Waals surface area contributed by atoms with E-state index >= 15 is 0 Å². The molecule has 0 bridgehead atoms. The molecule has 0 N–H and O–H groups in total. The van der Waals surface area contributed by atoms with E-state index in [0.717, 1.165) is 29.9 Å². The van der Waals surface area contributed by atoms with Gasteiger partial charge in [0.25, 0.3) is 0 Å². The van der Waals surface area contributed by atoms with Crippen LogP contribution >= 0.6 is 0 Å². The van der Waals surface area contributed by atoms with Gasteiger partial charge in [0.05, 0.1) is 19.8 Å². The zero-order valence-electron chi connectivity index (χ0n) is 16.2. The van der Waals surface area contributed by atoms with Gasteiger partial charge in [-0.3, -0.25) is 4.79 Å². The lowest BCUT2D eigenvalue weighted by atomic mass is 9.93. The van der Waals surface area contributed by atoms with Crippen LogP contribution in [0.3, 0.4) is 0 Å². The van der Waals surface area contributed by atoms with Gasteiger partial charge in [-0.2, -0.15) is 0 Å². The fraction of sp³-hybridized carbons (Fsp3) is 0.571. The molecule has 0 saturated heterocycles. The minimum absolute atomic E-state index is 0.0295. The van der Waals surface area contributed by atoms with Crippen molar-refractivity contribution in [3.63, 3.8) is 0 Å². The Hall–Kier alpha value is -1.97. The standard InChI is InChI=1S/C21H31NO3/c1-15-12-20(25-5)18(13-19(15)24-4)21(23)17(14-22(2)3)11-10-16-8-6-7-9-16/h12-14,16H,6-11H2,1-5H3/b17-14+. The summed E-state index contributed by atoms with van der Waals surface area (Å²) in [6.45, 7) is 1.95. The second-order valence-electron chi connectivity index (χ2n) is 7.16. The van der Waals surface area contributed by atoms with E-state index < -0.39 is 0 Å². The Morgan fingerprint density at radius 3 is 2.36 bits per heavy atom. The average molecular weight is 345 g/mol. The molecule has 1 aliphatic carbocycles. The number of hydrogen-bond acceptors (Lipinski definition) is 4. The number of nitrogens with zero attached hydrogens (tertiary/aromatic N) is 1. The van der Waals surface area contributed by atoms with Gasteiger partial charge in [0, 0.05) is 25.9 Å². The number of hydrogen-bond donors (Lipinski definition) is 0. The zero-order chi connectivity index (χ0) is 18.4. The topological polar surface area (TPSA) is 38.8 Å². The van der Waals surface area contributed by atoms with Crippen molar-refractivity contribution in [2.24, 2.45) is 5.92 Å². The fourth-order valence-electron chi connectivity index (χ4n) is 3.61. The van der Waals surface area contributed by atoms with Crippen LogP contribution < -0.4 is 9.47 Å². The van der Waals surface area contributed by atoms with Crippen LogP contribution in [0.5, 0.6) is 11.5 Å². The van der Waals surface area contributed by atoms with Crippen LogP contribution in [-0.4, -0.2) is 39.0 Å². The highest BCUT2D eigenvalue weighted by molar-refractivity contribution is 6.10. The van der Waals surface area contributed by atoms with Crippen LogP contribution in [-0.2, 0) is 0 Å². The third-order valence-corrected chi connectivity index (χ3v) is 4.96. The maximum absolute atomic E-state index is 13.2. The van der Waals surface area contributed by atoms with Crippen molar-refractivity contribution in [3.05, 3.63) is 35.0 Å². The number of benzene rings is 1. The molecule has 4 nitrogen and oxygen atoms in total. The number of ether oxygens (including phenoxy) is 2. The summed E-state index contributed by atoms with van der Waals surface area (Å²) >= 11 is 0. The molecule has 1 aromatic carbocycles. The molecule has 1 fully saturated rings. The van der Waals surface area contributed by atoms with Gasteiger partial charge in [0.2, 0.25) is 0 Å². The zero-order valence-corrected chi connectivity index (χ0v) is 16.2. The van der Waals surface area contributed by atoms with Gasteiger partial charge in [-0.1, -0.05) is 25.7 Å². The number of carbonyl (C=O) groups excluding carboxylic acids is 1. The van der Waals surface area contributed by atoms with Crippen LogP contribution in [0.2, 0.25) is 0 Å². The molecule has 1 aliphatic rings. The van der Waals surface area contributed by atoms with Gasteiger partial charge in [0.1, 0.15) is 11.5 Å². The van der Waals surface area contributed by atoms with E-state index in [1.54, 1.807) is 20.3 Å². The van der Waals surface area contributed by atoms with E-state index in [-0.39, 0.29) is 5.78 Å². The molecule has 0 heterocycles. The molecule has 0 unspecified atom stereocenters. The minimum atomic E-state index is 0.0295. The number of allylic oxidation sites excluding steroid dienone is 1. The number of ketones is 1. The van der Waals surface area contributed by atoms with Crippen molar-refractivity contribution in [1.82, 2.24) is 4.90 Å². The lowest BCUT2D eigenvalue weighted by Gasteiger charge is -2.17. The first-order valence-corrected chi connectivity index (χ1v) is 9.10. The third-order valence-electron chi connectivity index (χ3n) is 4.96. The van der Waals surface area contributed by atoms with Gasteiger partial charge >= 0.3 is 0 Å². The van der Waals surface area contributed by atoms with Crippen LogP contribution in [0.1, 0.15) is 54.4 Å². The second-order valence-corrected chi connectivity index (χ2v) is 7.16. The van der Waals surface area contributed by atoms with Gasteiger partial charge in [-0.15, -0.1) is 0 Å². The van der Waals surface area contributed by atoms with Crippen LogP contribution in [0.4, 0.5) is 0 Å². The number of rotatable bonds is 8. The molecule has 0 radical (unpaired) electrons. The first-order chi connectivity index (χ1) is 12.0. The first-order valence-electron chi connectivity index (χ1n) is 9.10. The summed E-state index contributed by atoms with van der Waals surface area (Å²) < 4.78 is 10.9. The molecule has 0 aliphatic heterocycles. The SMILES string of the molecule is COc1cc(C(=O)/C(=C/N(C)C)CCC2CCCC2)c(OC)cc1C. The van der Waals surface area contributed by atoms with E-state index in [1.807, 2.05) is 38.2 Å². The van der Waals surface area contributed by atoms with E-state index in [4.69, 9.17) is 9.47 Å². The normalized spacial score (nSPS) is 15.3. The lowest BCUT2D eigenvalue weighted by Crippen LogP contribution is -2.12. The molecule has 2 rings (SSSR count). The Kier molecular flexibility index (Phi) is 6.91. The van der Waals surface area contributed by atoms with Crippen LogP contribution in [0.15, 0.2) is 23.9 Å². The van der Waals surface area contributed by atoms with Gasteiger partial charge in [-0.05, 0) is 43.4 Å². The van der Waals surface area contributed by atoms with Crippen molar-refractivity contribution >= 4 is 5.78 Å². The van der Waals surface area contributed by atoms with Crippen LogP contribution in [0, 0.1) is 12.8 Å². The highest BCUT2D eigenvalue weighted by Crippen LogP contribution is 2.33. The Bertz CT molecular complexity index is 628. The molecule has 1 aromatic rings. The van der Waals surface area contributed by atoms with E-state index in [0.29, 0.717) is 17.1 Å². The van der Waals surface area contributed by atoms with E-state index in [9.17, 15) is 4.79 Å². The number of Topliss-reactive ketones (excluding diaryl/α,β-unsaturated/α-hetero) is 1. The molecule has 138 valence electrons. The Balaban J connectivity index is 2.28. The Labute approximate surface area is 151 Å². The fourth-order valence-corrected chi connectivity index (χ4v) is 3.61. The number of carbonyl (C=O) groups is 1. The predicted octanol–water partition coefficient (Wildman–Crippen LogP) is 4.61. The largest absolute Gasteiger partial charge is 0.496 e. The van der Waals surface area contributed by atoms with Gasteiger partial charge in [-0.25, -0.2) is 0 Å². The molecule has 0 aromatic heterocycles. The lowest BCUT2D eigenvalue weighted by molar-refractivity contribution is 0.102. The van der Waals surface area contributed by atoms with Crippen LogP contribution in [0.25, 0.3) is 0 Å². The van der Waals surface area contributed by atoms with Gasteiger partial charge < -0.3 is 14.4 Å². The van der Waals surface area contributed by atoms with E-state index in [1.165, 1.54) is 25.7 Å². The molecule has 0 spiro atoms. The number of aryl methyl sites for hydroxylation is 1. The molecule has 25 heavy (non-hydrogen) atoms. The molecule has 1 saturated carbocycles. The maximum Gasteiger partial charge on any atom is 0.194 e. The highest BCUT2D eigenvalue weighted by Gasteiger charge is 2.22.